The van der Waals surface area contributed by atoms with Crippen molar-refractivity contribution in [3.05, 3.63) is 35.9 Å². The molecule has 0 unspecified atom stereocenters. The van der Waals surface area contributed by atoms with Gasteiger partial charge in [-0.2, -0.15) is 0 Å². The van der Waals surface area contributed by atoms with Crippen molar-refractivity contribution in [3.63, 3.8) is 0 Å². The Bertz CT molecular complexity index is 524. The summed E-state index contributed by atoms with van der Waals surface area (Å²) >= 11 is 0. The molecule has 4 nitrogen and oxygen atoms in total. The summed E-state index contributed by atoms with van der Waals surface area (Å²) < 4.78 is 5.57. The van der Waals surface area contributed by atoms with Crippen molar-refractivity contribution in [1.82, 2.24) is 4.90 Å². The molecule has 0 heterocycles. The first-order valence-corrected chi connectivity index (χ1v) is 9.55. The van der Waals surface area contributed by atoms with E-state index in [2.05, 4.69) is 0 Å². The van der Waals surface area contributed by atoms with Crippen LogP contribution in [0, 0.1) is 5.92 Å². The van der Waals surface area contributed by atoms with Gasteiger partial charge < -0.3 is 14.7 Å². The molecule has 25 heavy (non-hydrogen) atoms. The van der Waals surface area contributed by atoms with Gasteiger partial charge in [0.15, 0.2) is 0 Å². The van der Waals surface area contributed by atoms with Crippen LogP contribution in [0.25, 0.3) is 0 Å². The number of carbonyl (C=O) groups excluding carboxylic acids is 1. The lowest BCUT2D eigenvalue weighted by molar-refractivity contribution is 0.0215. The Labute approximate surface area is 152 Å². The average molecular weight is 347 g/mol. The van der Waals surface area contributed by atoms with Gasteiger partial charge >= 0.3 is 6.09 Å². The zero-order valence-corrected chi connectivity index (χ0v) is 15.9. The molecule has 0 saturated heterocycles. The number of hydrogen-bond acceptors (Lipinski definition) is 3. The zero-order chi connectivity index (χ0) is 18.3. The van der Waals surface area contributed by atoms with Crippen molar-refractivity contribution in [2.24, 2.45) is 5.92 Å². The van der Waals surface area contributed by atoms with Gasteiger partial charge in [0.05, 0.1) is 6.10 Å². The van der Waals surface area contributed by atoms with Crippen LogP contribution in [-0.2, 0) is 11.3 Å². The van der Waals surface area contributed by atoms with Crippen molar-refractivity contribution in [2.45, 2.75) is 77.5 Å². The van der Waals surface area contributed by atoms with Gasteiger partial charge in [0.1, 0.15) is 5.60 Å². The van der Waals surface area contributed by atoms with Crippen LogP contribution < -0.4 is 0 Å². The highest BCUT2D eigenvalue weighted by Crippen LogP contribution is 2.28. The maximum Gasteiger partial charge on any atom is 0.410 e. The molecular formula is C21H33NO3. The van der Waals surface area contributed by atoms with Crippen molar-refractivity contribution >= 4 is 6.09 Å². The summed E-state index contributed by atoms with van der Waals surface area (Å²) in [5.74, 6) is 0.381. The Balaban J connectivity index is 1.92. The summed E-state index contributed by atoms with van der Waals surface area (Å²) in [5.41, 5.74) is 0.608. The topological polar surface area (TPSA) is 49.8 Å². The van der Waals surface area contributed by atoms with Crippen LogP contribution in [0.1, 0.15) is 64.9 Å². The second kappa shape index (κ2) is 9.23. The molecule has 0 bridgehead atoms. The van der Waals surface area contributed by atoms with Crippen LogP contribution in [0.2, 0.25) is 0 Å². The third-order valence-corrected chi connectivity index (χ3v) is 4.74. The normalized spacial score (nSPS) is 21.0. The van der Waals surface area contributed by atoms with E-state index in [4.69, 9.17) is 4.74 Å². The van der Waals surface area contributed by atoms with Crippen molar-refractivity contribution in [2.75, 3.05) is 6.54 Å². The van der Waals surface area contributed by atoms with Gasteiger partial charge in [-0.3, -0.25) is 0 Å². The number of carbonyl (C=O) groups is 1. The zero-order valence-electron chi connectivity index (χ0n) is 15.9. The van der Waals surface area contributed by atoms with Gasteiger partial charge in [-0.25, -0.2) is 4.79 Å². The minimum Gasteiger partial charge on any atom is -0.444 e. The lowest BCUT2D eigenvalue weighted by Gasteiger charge is -2.30. The standard InChI is InChI=1S/C21H33NO3/c1-21(2,3)25-20(24)22(16-17-10-5-4-6-11-17)15-9-13-18-12-7-8-14-19(18)23/h4-6,10-11,18-19,23H,7-9,12-16H2,1-3H3/t18-,19-/m0/s1. The molecule has 0 aliphatic heterocycles. The molecule has 0 radical (unpaired) electrons. The number of ether oxygens (including phenoxy) is 1. The Morgan fingerprint density at radius 1 is 1.20 bits per heavy atom. The molecule has 2 atom stereocenters. The monoisotopic (exact) mass is 347 g/mol. The number of aliphatic hydroxyl groups is 1. The fourth-order valence-corrected chi connectivity index (χ4v) is 3.43. The molecule has 0 aromatic heterocycles. The van der Waals surface area contributed by atoms with E-state index < -0.39 is 5.60 Å². The lowest BCUT2D eigenvalue weighted by Crippen LogP contribution is -2.37. The molecule has 1 aromatic carbocycles. The van der Waals surface area contributed by atoms with Crippen LogP contribution in [0.4, 0.5) is 4.79 Å². The second-order valence-electron chi connectivity index (χ2n) is 8.14. The van der Waals surface area contributed by atoms with E-state index in [1.807, 2.05) is 51.1 Å². The third kappa shape index (κ3) is 7.07. The number of amides is 1. The molecule has 1 aliphatic rings. The second-order valence-corrected chi connectivity index (χ2v) is 8.14. The molecular weight excluding hydrogens is 314 g/mol. The summed E-state index contributed by atoms with van der Waals surface area (Å²) in [6.45, 7) is 6.90. The Hall–Kier alpha value is -1.55. The van der Waals surface area contributed by atoms with Crippen LogP contribution in [0.15, 0.2) is 30.3 Å². The van der Waals surface area contributed by atoms with E-state index >= 15 is 0 Å². The molecule has 1 fully saturated rings. The number of aliphatic hydroxyl groups excluding tert-OH is 1. The van der Waals surface area contributed by atoms with Crippen LogP contribution in [-0.4, -0.2) is 34.3 Å². The first-order chi connectivity index (χ1) is 11.8. The van der Waals surface area contributed by atoms with Crippen LogP contribution in [0.5, 0.6) is 0 Å². The number of rotatable bonds is 6. The van der Waals surface area contributed by atoms with Crippen molar-refractivity contribution in [1.29, 1.82) is 0 Å². The Morgan fingerprint density at radius 3 is 2.52 bits per heavy atom. The number of nitrogens with zero attached hydrogens (tertiary/aromatic N) is 1. The molecule has 1 saturated carbocycles. The highest BCUT2D eigenvalue weighted by Gasteiger charge is 2.25. The first kappa shape index (κ1) is 19.8. The summed E-state index contributed by atoms with van der Waals surface area (Å²) in [6.07, 6.45) is 5.80. The quantitative estimate of drug-likeness (QED) is 0.807. The van der Waals surface area contributed by atoms with E-state index in [1.54, 1.807) is 4.90 Å². The number of benzene rings is 1. The van der Waals surface area contributed by atoms with E-state index in [9.17, 15) is 9.90 Å². The van der Waals surface area contributed by atoms with Gasteiger partial charge in [0.2, 0.25) is 0 Å². The summed E-state index contributed by atoms with van der Waals surface area (Å²) in [7, 11) is 0. The van der Waals surface area contributed by atoms with Gasteiger partial charge in [-0.15, -0.1) is 0 Å². The smallest absolute Gasteiger partial charge is 0.410 e. The minimum absolute atomic E-state index is 0.169. The molecule has 1 aliphatic carbocycles. The summed E-state index contributed by atoms with van der Waals surface area (Å²) in [4.78, 5) is 14.4. The van der Waals surface area contributed by atoms with Crippen molar-refractivity contribution < 1.29 is 14.6 Å². The molecule has 1 amide bonds. The number of hydrogen-bond donors (Lipinski definition) is 1. The highest BCUT2D eigenvalue weighted by atomic mass is 16.6. The van der Waals surface area contributed by atoms with E-state index in [0.29, 0.717) is 19.0 Å². The lowest BCUT2D eigenvalue weighted by atomic mass is 9.83. The molecule has 1 N–H and O–H groups in total. The maximum absolute atomic E-state index is 12.6. The van der Waals surface area contributed by atoms with Crippen LogP contribution in [0.3, 0.4) is 0 Å². The minimum atomic E-state index is -0.494. The highest BCUT2D eigenvalue weighted by molar-refractivity contribution is 5.68. The molecule has 4 heteroatoms. The van der Waals surface area contributed by atoms with Gasteiger partial charge in [0, 0.05) is 13.1 Å². The third-order valence-electron chi connectivity index (χ3n) is 4.74. The van der Waals surface area contributed by atoms with Crippen molar-refractivity contribution in [3.8, 4) is 0 Å². The summed E-state index contributed by atoms with van der Waals surface area (Å²) in [6, 6.07) is 10.0. The molecule has 2 rings (SSSR count). The van der Waals surface area contributed by atoms with E-state index in [-0.39, 0.29) is 12.2 Å². The largest absolute Gasteiger partial charge is 0.444 e. The molecule has 0 spiro atoms. The fourth-order valence-electron chi connectivity index (χ4n) is 3.43. The predicted molar refractivity (Wildman–Crippen MR) is 100 cm³/mol. The van der Waals surface area contributed by atoms with Gasteiger partial charge in [-0.1, -0.05) is 43.2 Å². The average Bonchev–Trinajstić information content (AvgIpc) is 2.55. The molecule has 140 valence electrons. The van der Waals surface area contributed by atoms with Crippen LogP contribution >= 0.6 is 0 Å². The first-order valence-electron chi connectivity index (χ1n) is 9.55. The summed E-state index contributed by atoms with van der Waals surface area (Å²) in [5, 5.41) is 10.1. The van der Waals surface area contributed by atoms with E-state index in [0.717, 1.165) is 37.7 Å². The van der Waals surface area contributed by atoms with Gasteiger partial charge in [-0.05, 0) is 57.9 Å². The molecule has 1 aromatic rings. The predicted octanol–water partition coefficient (Wildman–Crippen LogP) is 4.76. The van der Waals surface area contributed by atoms with Gasteiger partial charge in [0.25, 0.3) is 0 Å². The maximum atomic E-state index is 12.6. The Morgan fingerprint density at radius 2 is 1.88 bits per heavy atom. The van der Waals surface area contributed by atoms with E-state index in [1.165, 1.54) is 6.42 Å². The SMILES string of the molecule is CC(C)(C)OC(=O)N(CCC[C@@H]1CCCC[C@@H]1O)Cc1ccccc1. The Kier molecular flexibility index (Phi) is 7.30. The fraction of sp³-hybridized carbons (Fsp3) is 0.667.